The van der Waals surface area contributed by atoms with Gasteiger partial charge in [-0.1, -0.05) is 24.3 Å². The summed E-state index contributed by atoms with van der Waals surface area (Å²) in [5.41, 5.74) is 2.86. The Morgan fingerprint density at radius 2 is 1.88 bits per heavy atom. The zero-order valence-electron chi connectivity index (χ0n) is 14.7. The second-order valence-electron chi connectivity index (χ2n) is 7.55. The number of fused-ring (bicyclic) bond motifs is 2. The molecule has 1 unspecified atom stereocenters. The molecule has 1 aliphatic carbocycles. The molecule has 2 fully saturated rings. The zero-order chi connectivity index (χ0) is 17.7. The van der Waals surface area contributed by atoms with Crippen molar-refractivity contribution in [1.29, 1.82) is 0 Å². The van der Waals surface area contributed by atoms with Gasteiger partial charge in [0.15, 0.2) is 0 Å². The normalized spacial score (nSPS) is 25.0. The SMILES string of the molecule is Cc1ccccc1C1C[C@@H]2CN(C(=O)c3nc4ncccn4n3)C[C@@H]2C1. The lowest BCUT2D eigenvalue weighted by Gasteiger charge is -2.19. The van der Waals surface area contributed by atoms with E-state index in [4.69, 9.17) is 0 Å². The molecular formula is C20H21N5O. The Kier molecular flexibility index (Phi) is 3.51. The predicted octanol–water partition coefficient (Wildman–Crippen LogP) is 2.70. The van der Waals surface area contributed by atoms with Gasteiger partial charge < -0.3 is 4.90 Å². The van der Waals surface area contributed by atoms with Gasteiger partial charge in [0.1, 0.15) is 0 Å². The molecule has 5 rings (SSSR count). The quantitative estimate of drug-likeness (QED) is 0.715. The highest BCUT2D eigenvalue weighted by molar-refractivity contribution is 5.91. The fourth-order valence-electron chi connectivity index (χ4n) is 4.73. The molecule has 6 heteroatoms. The summed E-state index contributed by atoms with van der Waals surface area (Å²) in [5, 5.41) is 4.28. The van der Waals surface area contributed by atoms with E-state index in [1.165, 1.54) is 24.0 Å². The van der Waals surface area contributed by atoms with E-state index in [1.54, 1.807) is 23.0 Å². The fourth-order valence-corrected chi connectivity index (χ4v) is 4.73. The van der Waals surface area contributed by atoms with Crippen LogP contribution in [0.15, 0.2) is 42.7 Å². The van der Waals surface area contributed by atoms with Crippen LogP contribution in [-0.2, 0) is 0 Å². The topological polar surface area (TPSA) is 63.4 Å². The van der Waals surface area contributed by atoms with E-state index < -0.39 is 0 Å². The van der Waals surface area contributed by atoms with Crippen molar-refractivity contribution in [1.82, 2.24) is 24.5 Å². The third-order valence-electron chi connectivity index (χ3n) is 5.97. The summed E-state index contributed by atoms with van der Waals surface area (Å²) in [6, 6.07) is 10.5. The molecule has 6 nitrogen and oxygen atoms in total. The summed E-state index contributed by atoms with van der Waals surface area (Å²) in [4.78, 5) is 23.2. The number of amides is 1. The third kappa shape index (κ3) is 2.48. The molecule has 1 saturated carbocycles. The first-order chi connectivity index (χ1) is 12.7. The van der Waals surface area contributed by atoms with E-state index in [1.807, 2.05) is 4.90 Å². The van der Waals surface area contributed by atoms with Crippen molar-refractivity contribution in [2.24, 2.45) is 11.8 Å². The number of nitrogens with zero attached hydrogens (tertiary/aromatic N) is 5. The Bertz CT molecular complexity index is 934. The van der Waals surface area contributed by atoms with Gasteiger partial charge in [-0.15, -0.1) is 5.10 Å². The molecule has 3 aromatic rings. The molecule has 2 aromatic heterocycles. The van der Waals surface area contributed by atoms with Crippen LogP contribution in [0.4, 0.5) is 0 Å². The summed E-state index contributed by atoms with van der Waals surface area (Å²) in [6.45, 7) is 3.83. The first-order valence-electron chi connectivity index (χ1n) is 9.21. The van der Waals surface area contributed by atoms with Crippen LogP contribution in [0.5, 0.6) is 0 Å². The minimum Gasteiger partial charge on any atom is -0.335 e. The molecular weight excluding hydrogens is 326 g/mol. The largest absolute Gasteiger partial charge is 0.335 e. The highest BCUT2D eigenvalue weighted by atomic mass is 16.2. The monoisotopic (exact) mass is 347 g/mol. The Balaban J connectivity index is 1.30. The molecule has 1 aromatic carbocycles. The molecule has 3 atom stereocenters. The number of carbonyl (C=O) groups excluding carboxylic acids is 1. The highest BCUT2D eigenvalue weighted by Crippen LogP contribution is 2.46. The summed E-state index contributed by atoms with van der Waals surface area (Å²) in [7, 11) is 0. The highest BCUT2D eigenvalue weighted by Gasteiger charge is 2.43. The van der Waals surface area contributed by atoms with Crippen LogP contribution in [-0.4, -0.2) is 43.5 Å². The van der Waals surface area contributed by atoms with E-state index in [0.29, 0.717) is 23.5 Å². The van der Waals surface area contributed by atoms with E-state index in [9.17, 15) is 4.79 Å². The molecule has 1 aliphatic heterocycles. The molecule has 2 aliphatic rings. The van der Waals surface area contributed by atoms with Crippen molar-refractivity contribution in [2.45, 2.75) is 25.7 Å². The maximum atomic E-state index is 12.8. The van der Waals surface area contributed by atoms with Crippen molar-refractivity contribution in [3.63, 3.8) is 0 Å². The Labute approximate surface area is 151 Å². The lowest BCUT2D eigenvalue weighted by Crippen LogP contribution is -2.30. The van der Waals surface area contributed by atoms with Crippen LogP contribution in [0, 0.1) is 18.8 Å². The predicted molar refractivity (Wildman–Crippen MR) is 96.8 cm³/mol. The van der Waals surface area contributed by atoms with Gasteiger partial charge in [0.05, 0.1) is 0 Å². The first-order valence-corrected chi connectivity index (χ1v) is 9.21. The van der Waals surface area contributed by atoms with Crippen molar-refractivity contribution in [2.75, 3.05) is 13.1 Å². The molecule has 132 valence electrons. The lowest BCUT2D eigenvalue weighted by atomic mass is 9.92. The minimum absolute atomic E-state index is 0.0719. The molecule has 1 saturated heterocycles. The Morgan fingerprint density at radius 1 is 1.12 bits per heavy atom. The zero-order valence-corrected chi connectivity index (χ0v) is 14.7. The Hall–Kier alpha value is -2.76. The summed E-state index contributed by atoms with van der Waals surface area (Å²) in [6.07, 6.45) is 5.75. The van der Waals surface area contributed by atoms with Gasteiger partial charge in [-0.05, 0) is 54.7 Å². The maximum Gasteiger partial charge on any atom is 0.293 e. The number of hydrogen-bond acceptors (Lipinski definition) is 4. The van der Waals surface area contributed by atoms with Crippen molar-refractivity contribution < 1.29 is 4.79 Å². The minimum atomic E-state index is -0.0719. The second kappa shape index (κ2) is 5.90. The van der Waals surface area contributed by atoms with E-state index in [-0.39, 0.29) is 11.7 Å². The van der Waals surface area contributed by atoms with E-state index in [0.717, 1.165) is 13.1 Å². The molecule has 0 N–H and O–H groups in total. The number of hydrogen-bond donors (Lipinski definition) is 0. The van der Waals surface area contributed by atoms with Crippen LogP contribution in [0.25, 0.3) is 5.78 Å². The molecule has 1 amide bonds. The standard InChI is InChI=1S/C20H21N5O/c1-13-5-2-3-6-17(13)14-9-15-11-24(12-16(15)10-14)19(26)18-22-20-21-7-4-8-25(20)23-18/h2-8,14-16H,9-12H2,1H3/t14?,15-,16+. The van der Waals surface area contributed by atoms with Gasteiger partial charge in [0, 0.05) is 25.5 Å². The van der Waals surface area contributed by atoms with Gasteiger partial charge in [-0.25, -0.2) is 9.50 Å². The smallest absolute Gasteiger partial charge is 0.293 e. The number of aryl methyl sites for hydroxylation is 1. The summed E-state index contributed by atoms with van der Waals surface area (Å²) >= 11 is 0. The molecule has 26 heavy (non-hydrogen) atoms. The summed E-state index contributed by atoms with van der Waals surface area (Å²) < 4.78 is 1.55. The van der Waals surface area contributed by atoms with Gasteiger partial charge in [0.25, 0.3) is 11.7 Å². The van der Waals surface area contributed by atoms with Gasteiger partial charge in [-0.3, -0.25) is 4.79 Å². The van der Waals surface area contributed by atoms with Crippen LogP contribution >= 0.6 is 0 Å². The van der Waals surface area contributed by atoms with E-state index >= 15 is 0 Å². The number of carbonyl (C=O) groups is 1. The molecule has 3 heterocycles. The molecule has 0 radical (unpaired) electrons. The van der Waals surface area contributed by atoms with Gasteiger partial charge in [-0.2, -0.15) is 4.98 Å². The lowest BCUT2D eigenvalue weighted by molar-refractivity contribution is 0.0768. The first kappa shape index (κ1) is 15.5. The van der Waals surface area contributed by atoms with Crippen LogP contribution < -0.4 is 0 Å². The fraction of sp³-hybridized carbons (Fsp3) is 0.400. The maximum absolute atomic E-state index is 12.8. The van der Waals surface area contributed by atoms with Gasteiger partial charge in [0.2, 0.25) is 5.82 Å². The van der Waals surface area contributed by atoms with Gasteiger partial charge >= 0.3 is 0 Å². The van der Waals surface area contributed by atoms with Crippen LogP contribution in [0.1, 0.15) is 40.5 Å². The number of aromatic nitrogens is 4. The van der Waals surface area contributed by atoms with Crippen LogP contribution in [0.3, 0.4) is 0 Å². The van der Waals surface area contributed by atoms with Crippen LogP contribution in [0.2, 0.25) is 0 Å². The summed E-state index contributed by atoms with van der Waals surface area (Å²) in [5.74, 6) is 2.43. The Morgan fingerprint density at radius 3 is 2.62 bits per heavy atom. The second-order valence-corrected chi connectivity index (χ2v) is 7.55. The third-order valence-corrected chi connectivity index (χ3v) is 5.97. The van der Waals surface area contributed by atoms with Crippen molar-refractivity contribution in [3.8, 4) is 0 Å². The number of rotatable bonds is 2. The average Bonchev–Trinajstić information content (AvgIpc) is 3.33. The number of benzene rings is 1. The number of likely N-dealkylation sites (tertiary alicyclic amines) is 1. The van der Waals surface area contributed by atoms with Crippen molar-refractivity contribution >= 4 is 11.7 Å². The van der Waals surface area contributed by atoms with Crippen molar-refractivity contribution in [3.05, 3.63) is 59.7 Å². The van der Waals surface area contributed by atoms with E-state index in [2.05, 4.69) is 46.3 Å². The average molecular weight is 347 g/mol. The molecule has 0 spiro atoms. The molecule has 0 bridgehead atoms.